The zero-order chi connectivity index (χ0) is 29.1. The second-order valence-corrected chi connectivity index (χ2v) is 12.3. The molecule has 0 amide bonds. The van der Waals surface area contributed by atoms with E-state index in [1.807, 2.05) is 38.1 Å². The lowest BCUT2D eigenvalue weighted by atomic mass is 10.1. The molecule has 3 heterocycles. The minimum absolute atomic E-state index is 0.231. The molecule has 2 aromatic heterocycles. The number of fused-ring (bicyclic) bond motifs is 1. The molecule has 5 rings (SSSR count). The fraction of sp³-hybridized carbons (Fsp3) is 0.400. The van der Waals surface area contributed by atoms with E-state index in [2.05, 4.69) is 9.88 Å². The summed E-state index contributed by atoms with van der Waals surface area (Å²) in [6.45, 7) is 7.66. The first kappa shape index (κ1) is 28.8. The van der Waals surface area contributed by atoms with Gasteiger partial charge in [0.25, 0.3) is 5.56 Å². The van der Waals surface area contributed by atoms with Crippen molar-refractivity contribution in [3.63, 3.8) is 0 Å². The van der Waals surface area contributed by atoms with Gasteiger partial charge in [-0.05, 0) is 54.3 Å². The summed E-state index contributed by atoms with van der Waals surface area (Å²) in [5.74, 6) is 0.812. The average molecular weight is 580 g/mol. The number of aromatic nitrogens is 3. The Hall–Kier alpha value is -3.67. The van der Waals surface area contributed by atoms with Crippen LogP contribution in [0.5, 0.6) is 5.75 Å². The molecule has 2 aromatic carbocycles. The number of nitrogens with one attached hydrogen (secondary N) is 1. The van der Waals surface area contributed by atoms with E-state index in [0.29, 0.717) is 62.4 Å². The average Bonchev–Trinajstić information content (AvgIpc) is 3.44. The molecule has 0 spiro atoms. The Labute approximate surface area is 239 Å². The van der Waals surface area contributed by atoms with E-state index in [-0.39, 0.29) is 16.1 Å². The predicted molar refractivity (Wildman–Crippen MR) is 160 cm³/mol. The number of methoxy groups -OCH3 is 1. The minimum Gasteiger partial charge on any atom is -0.497 e. The number of piperazine rings is 1. The van der Waals surface area contributed by atoms with E-state index in [9.17, 15) is 18.0 Å². The number of ether oxygens (including phenoxy) is 1. The summed E-state index contributed by atoms with van der Waals surface area (Å²) in [4.78, 5) is 31.8. The van der Waals surface area contributed by atoms with Gasteiger partial charge in [0.2, 0.25) is 10.0 Å². The summed E-state index contributed by atoms with van der Waals surface area (Å²) >= 11 is 0. The number of sulfonamides is 1. The van der Waals surface area contributed by atoms with Gasteiger partial charge in [-0.1, -0.05) is 38.1 Å². The number of nitrogens with zero attached hydrogens (tertiary/aromatic N) is 4. The van der Waals surface area contributed by atoms with E-state index in [4.69, 9.17) is 4.74 Å². The van der Waals surface area contributed by atoms with Gasteiger partial charge in [0.1, 0.15) is 11.3 Å². The quantitative estimate of drug-likeness (QED) is 0.308. The van der Waals surface area contributed by atoms with Crippen LogP contribution >= 0.6 is 0 Å². The third-order valence-electron chi connectivity index (χ3n) is 7.60. The Kier molecular flexibility index (Phi) is 8.48. The molecule has 0 unspecified atom stereocenters. The summed E-state index contributed by atoms with van der Waals surface area (Å²) in [6.07, 6.45) is 1.43. The van der Waals surface area contributed by atoms with Crippen LogP contribution in [0.15, 0.2) is 69.1 Å². The Balaban J connectivity index is 1.33. The molecule has 1 aliphatic rings. The van der Waals surface area contributed by atoms with Crippen molar-refractivity contribution in [2.45, 2.75) is 51.2 Å². The van der Waals surface area contributed by atoms with Gasteiger partial charge in [-0.25, -0.2) is 13.2 Å². The molecular weight excluding hydrogens is 542 g/mol. The largest absolute Gasteiger partial charge is 0.497 e. The van der Waals surface area contributed by atoms with Crippen molar-refractivity contribution in [2.75, 3.05) is 33.3 Å². The first-order valence-corrected chi connectivity index (χ1v) is 15.5. The summed E-state index contributed by atoms with van der Waals surface area (Å²) in [7, 11) is -2.01. The molecule has 0 atom stereocenters. The lowest BCUT2D eigenvalue weighted by Gasteiger charge is -2.34. The maximum absolute atomic E-state index is 13.4. The molecule has 41 heavy (non-hydrogen) atoms. The number of H-pyrrole nitrogens is 1. The minimum atomic E-state index is -3.65. The molecular formula is C30H37N5O5S. The van der Waals surface area contributed by atoms with Crippen LogP contribution in [0.4, 0.5) is 0 Å². The van der Waals surface area contributed by atoms with E-state index in [1.54, 1.807) is 42.0 Å². The molecule has 0 saturated carbocycles. The van der Waals surface area contributed by atoms with Crippen molar-refractivity contribution < 1.29 is 13.2 Å². The standard InChI is InChI=1S/C30H37N5O5S/c1-4-14-34-27-20-26(31-28(27)29(36)35(15-5-2)30(34)37)23-8-12-25(13-9-23)41(38,39)33-18-16-32(17-19-33)21-22-6-10-24(40-3)11-7-22/h6-13,20,31H,4-5,14-19,21H2,1-3H3. The maximum atomic E-state index is 13.4. The highest BCUT2D eigenvalue weighted by molar-refractivity contribution is 7.89. The van der Waals surface area contributed by atoms with Gasteiger partial charge in [0.15, 0.2) is 0 Å². The SMILES string of the molecule is CCCn1c(=O)c2[nH]c(-c3ccc(S(=O)(=O)N4CCN(Cc5ccc(OC)cc5)CC4)cc3)cc2n(CCC)c1=O. The van der Waals surface area contributed by atoms with Crippen molar-refractivity contribution in [3.8, 4) is 17.0 Å². The van der Waals surface area contributed by atoms with Crippen LogP contribution in [0.25, 0.3) is 22.3 Å². The molecule has 1 fully saturated rings. The molecule has 1 aliphatic heterocycles. The van der Waals surface area contributed by atoms with Gasteiger partial charge < -0.3 is 9.72 Å². The van der Waals surface area contributed by atoms with Gasteiger partial charge in [-0.2, -0.15) is 4.31 Å². The predicted octanol–water partition coefficient (Wildman–Crippen LogP) is 3.49. The van der Waals surface area contributed by atoms with Crippen LogP contribution in [-0.4, -0.2) is 65.0 Å². The Morgan fingerprint density at radius 1 is 0.854 bits per heavy atom. The Bertz CT molecular complexity index is 1730. The van der Waals surface area contributed by atoms with Crippen molar-refractivity contribution in [3.05, 3.63) is 81.0 Å². The zero-order valence-electron chi connectivity index (χ0n) is 23.8. The van der Waals surface area contributed by atoms with E-state index in [0.717, 1.165) is 29.8 Å². The number of hydrogen-bond acceptors (Lipinski definition) is 6. The van der Waals surface area contributed by atoms with Crippen LogP contribution in [-0.2, 0) is 29.7 Å². The highest BCUT2D eigenvalue weighted by Crippen LogP contribution is 2.26. The Morgan fingerprint density at radius 2 is 1.49 bits per heavy atom. The third-order valence-corrected chi connectivity index (χ3v) is 9.52. The first-order chi connectivity index (χ1) is 19.8. The summed E-state index contributed by atoms with van der Waals surface area (Å²) in [6, 6.07) is 16.4. The first-order valence-electron chi connectivity index (χ1n) is 14.1. The highest BCUT2D eigenvalue weighted by atomic mass is 32.2. The lowest BCUT2D eigenvalue weighted by molar-refractivity contribution is 0.181. The number of rotatable bonds is 10. The van der Waals surface area contributed by atoms with Crippen molar-refractivity contribution in [2.24, 2.45) is 0 Å². The van der Waals surface area contributed by atoms with Crippen LogP contribution in [0, 0.1) is 0 Å². The van der Waals surface area contributed by atoms with Gasteiger partial charge in [0, 0.05) is 51.5 Å². The summed E-state index contributed by atoms with van der Waals surface area (Å²) < 4.78 is 36.5. The van der Waals surface area contributed by atoms with Crippen molar-refractivity contribution in [1.82, 2.24) is 23.3 Å². The summed E-state index contributed by atoms with van der Waals surface area (Å²) in [5.41, 5.74) is 2.86. The topological polar surface area (TPSA) is 110 Å². The molecule has 1 saturated heterocycles. The van der Waals surface area contributed by atoms with Gasteiger partial charge >= 0.3 is 5.69 Å². The maximum Gasteiger partial charge on any atom is 0.331 e. The monoisotopic (exact) mass is 579 g/mol. The molecule has 4 aromatic rings. The molecule has 0 bridgehead atoms. The third kappa shape index (κ3) is 5.74. The second kappa shape index (κ2) is 12.1. The lowest BCUT2D eigenvalue weighted by Crippen LogP contribution is -2.48. The fourth-order valence-electron chi connectivity index (χ4n) is 5.38. The van der Waals surface area contributed by atoms with Crippen molar-refractivity contribution >= 4 is 21.1 Å². The second-order valence-electron chi connectivity index (χ2n) is 10.4. The molecule has 218 valence electrons. The van der Waals surface area contributed by atoms with Crippen molar-refractivity contribution in [1.29, 1.82) is 0 Å². The van der Waals surface area contributed by atoms with E-state index in [1.165, 1.54) is 8.87 Å². The molecule has 0 radical (unpaired) electrons. The van der Waals surface area contributed by atoms with Crippen LogP contribution in [0.3, 0.4) is 0 Å². The van der Waals surface area contributed by atoms with Gasteiger partial charge in [-0.3, -0.25) is 18.8 Å². The zero-order valence-corrected chi connectivity index (χ0v) is 24.6. The van der Waals surface area contributed by atoms with Gasteiger partial charge in [-0.15, -0.1) is 0 Å². The fourth-order valence-corrected chi connectivity index (χ4v) is 6.80. The molecule has 11 heteroatoms. The van der Waals surface area contributed by atoms with Crippen LogP contribution < -0.4 is 16.0 Å². The van der Waals surface area contributed by atoms with E-state index >= 15 is 0 Å². The van der Waals surface area contributed by atoms with Crippen LogP contribution in [0.2, 0.25) is 0 Å². The molecule has 0 aliphatic carbocycles. The molecule has 1 N–H and O–H groups in total. The Morgan fingerprint density at radius 3 is 2.10 bits per heavy atom. The number of aryl methyl sites for hydroxylation is 1. The smallest absolute Gasteiger partial charge is 0.331 e. The van der Waals surface area contributed by atoms with Crippen LogP contribution in [0.1, 0.15) is 32.3 Å². The highest BCUT2D eigenvalue weighted by Gasteiger charge is 2.28. The summed E-state index contributed by atoms with van der Waals surface area (Å²) in [5, 5.41) is 0. The number of benzene rings is 2. The molecule has 10 nitrogen and oxygen atoms in total. The van der Waals surface area contributed by atoms with Gasteiger partial charge in [0.05, 0.1) is 17.5 Å². The number of aromatic amines is 1. The normalized spacial score (nSPS) is 15.0. The number of hydrogen-bond donors (Lipinski definition) is 1. The van der Waals surface area contributed by atoms with E-state index < -0.39 is 10.0 Å².